The number of benzene rings is 2. The maximum atomic E-state index is 12.5. The molecule has 4 bridgehead atoms. The fourth-order valence-electron chi connectivity index (χ4n) is 4.63. The molecule has 31 heavy (non-hydrogen) atoms. The van der Waals surface area contributed by atoms with Gasteiger partial charge in [0.05, 0.1) is 24.6 Å². The topological polar surface area (TPSA) is 66.5 Å². The molecule has 1 saturated heterocycles. The van der Waals surface area contributed by atoms with Crippen LogP contribution in [0.25, 0.3) is 21.9 Å². The van der Waals surface area contributed by atoms with E-state index in [1.54, 1.807) is 0 Å². The van der Waals surface area contributed by atoms with Crippen molar-refractivity contribution in [2.45, 2.75) is 32.4 Å². The highest BCUT2D eigenvalue weighted by atomic mass is 16.5. The van der Waals surface area contributed by atoms with Gasteiger partial charge >= 0.3 is 6.03 Å². The minimum atomic E-state index is -0.359. The van der Waals surface area contributed by atoms with E-state index in [-0.39, 0.29) is 11.6 Å². The summed E-state index contributed by atoms with van der Waals surface area (Å²) >= 11 is 0. The second-order valence-electron chi connectivity index (χ2n) is 9.07. The molecule has 6 heteroatoms. The Kier molecular flexibility index (Phi) is 5.12. The zero-order valence-electron chi connectivity index (χ0n) is 18.1. The predicted molar refractivity (Wildman–Crippen MR) is 123 cm³/mol. The van der Waals surface area contributed by atoms with Crippen molar-refractivity contribution in [3.63, 3.8) is 0 Å². The number of nitrogens with zero attached hydrogens (tertiary/aromatic N) is 2. The molecular formula is C25H28N4O2. The van der Waals surface area contributed by atoms with Gasteiger partial charge < -0.3 is 15.4 Å². The summed E-state index contributed by atoms with van der Waals surface area (Å²) in [5.41, 5.74) is 5.00. The number of anilines is 1. The number of nitrogens with one attached hydrogen (secondary N) is 2. The van der Waals surface area contributed by atoms with E-state index in [9.17, 15) is 4.79 Å². The average molecular weight is 417 g/mol. The number of amides is 2. The summed E-state index contributed by atoms with van der Waals surface area (Å²) in [6.07, 6.45) is 2.72. The molecule has 2 N–H and O–H groups in total. The highest BCUT2D eigenvalue weighted by Gasteiger charge is 2.25. The molecule has 0 saturated carbocycles. The second-order valence-corrected chi connectivity index (χ2v) is 9.07. The molecule has 2 amide bonds. The van der Waals surface area contributed by atoms with Gasteiger partial charge in [-0.3, -0.25) is 9.88 Å². The third-order valence-electron chi connectivity index (χ3n) is 6.08. The molecule has 0 aliphatic carbocycles. The van der Waals surface area contributed by atoms with E-state index in [4.69, 9.17) is 9.72 Å². The summed E-state index contributed by atoms with van der Waals surface area (Å²) in [5, 5.41) is 8.35. The van der Waals surface area contributed by atoms with Gasteiger partial charge in [0.15, 0.2) is 0 Å². The van der Waals surface area contributed by atoms with Gasteiger partial charge in [-0.1, -0.05) is 30.3 Å². The van der Waals surface area contributed by atoms with Crippen molar-refractivity contribution in [2.75, 3.05) is 31.6 Å². The third kappa shape index (κ3) is 4.13. The minimum absolute atomic E-state index is 0.171. The van der Waals surface area contributed by atoms with E-state index in [0.29, 0.717) is 0 Å². The molecule has 2 aliphatic rings. The van der Waals surface area contributed by atoms with Crippen molar-refractivity contribution >= 4 is 22.5 Å². The van der Waals surface area contributed by atoms with Crippen molar-refractivity contribution < 1.29 is 9.53 Å². The van der Waals surface area contributed by atoms with E-state index in [2.05, 4.69) is 65.8 Å². The van der Waals surface area contributed by atoms with Crippen LogP contribution in [0.5, 0.6) is 0 Å². The molecule has 6 nitrogen and oxygen atoms in total. The first-order valence-electron chi connectivity index (χ1n) is 10.9. The van der Waals surface area contributed by atoms with Crippen LogP contribution >= 0.6 is 0 Å². The lowest BCUT2D eigenvalue weighted by Gasteiger charge is -2.26. The van der Waals surface area contributed by atoms with E-state index < -0.39 is 0 Å². The Balaban J connectivity index is 1.55. The lowest BCUT2D eigenvalue weighted by Crippen LogP contribution is -2.46. The largest absolute Gasteiger partial charge is 0.379 e. The number of carbonyl (C=O) groups excluding carboxylic acids is 1. The van der Waals surface area contributed by atoms with Gasteiger partial charge in [-0.15, -0.1) is 0 Å². The van der Waals surface area contributed by atoms with Gasteiger partial charge in [-0.25, -0.2) is 4.79 Å². The van der Waals surface area contributed by atoms with Crippen LogP contribution in [-0.4, -0.2) is 47.8 Å². The van der Waals surface area contributed by atoms with Gasteiger partial charge in [0.1, 0.15) is 0 Å². The molecule has 0 spiro atoms. The lowest BCUT2D eigenvalue weighted by atomic mass is 9.88. The molecule has 3 aromatic rings. The van der Waals surface area contributed by atoms with Crippen LogP contribution < -0.4 is 10.6 Å². The quantitative estimate of drug-likeness (QED) is 0.672. The molecule has 2 aromatic carbocycles. The summed E-state index contributed by atoms with van der Waals surface area (Å²) in [6.45, 7) is 8.45. The Morgan fingerprint density at radius 2 is 1.94 bits per heavy atom. The van der Waals surface area contributed by atoms with E-state index in [0.717, 1.165) is 67.2 Å². The highest BCUT2D eigenvalue weighted by molar-refractivity contribution is 6.09. The Bertz CT molecular complexity index is 1120. The number of ether oxygens (including phenoxy) is 1. The Labute approximate surface area is 182 Å². The molecule has 0 unspecified atom stereocenters. The number of urea groups is 1. The first-order valence-corrected chi connectivity index (χ1v) is 10.9. The molecule has 1 aromatic heterocycles. The first kappa shape index (κ1) is 20.0. The van der Waals surface area contributed by atoms with Gasteiger partial charge in [0, 0.05) is 42.3 Å². The monoisotopic (exact) mass is 416 g/mol. The molecule has 1 fully saturated rings. The molecule has 2 aliphatic heterocycles. The summed E-state index contributed by atoms with van der Waals surface area (Å²) in [5.74, 6) is 0. The summed E-state index contributed by atoms with van der Waals surface area (Å²) in [4.78, 5) is 19.6. The predicted octanol–water partition coefficient (Wildman–Crippen LogP) is 4.19. The van der Waals surface area contributed by atoms with Crippen molar-refractivity contribution in [1.82, 2.24) is 15.2 Å². The van der Waals surface area contributed by atoms with E-state index in [1.807, 2.05) is 12.3 Å². The minimum Gasteiger partial charge on any atom is -0.379 e. The van der Waals surface area contributed by atoms with Gasteiger partial charge in [-0.2, -0.15) is 0 Å². The maximum absolute atomic E-state index is 12.5. The number of hydrogen-bond donors (Lipinski definition) is 2. The van der Waals surface area contributed by atoms with Crippen molar-refractivity contribution in [1.29, 1.82) is 0 Å². The highest BCUT2D eigenvalue weighted by Crippen LogP contribution is 2.37. The average Bonchev–Trinajstić information content (AvgIpc) is 2.76. The summed E-state index contributed by atoms with van der Waals surface area (Å²) in [6, 6.07) is 14.5. The van der Waals surface area contributed by atoms with Crippen LogP contribution in [0.2, 0.25) is 0 Å². The smallest absolute Gasteiger partial charge is 0.319 e. The molecular weight excluding hydrogens is 388 g/mol. The van der Waals surface area contributed by atoms with E-state index >= 15 is 0 Å². The van der Waals surface area contributed by atoms with Crippen LogP contribution in [0.1, 0.15) is 25.1 Å². The molecule has 5 rings (SSSR count). The fraction of sp³-hybridized carbons (Fsp3) is 0.360. The number of pyridine rings is 1. The molecule has 0 radical (unpaired) electrons. The molecule has 160 valence electrons. The Morgan fingerprint density at radius 1 is 1.10 bits per heavy atom. The number of aromatic nitrogens is 1. The third-order valence-corrected chi connectivity index (χ3v) is 6.08. The maximum Gasteiger partial charge on any atom is 0.319 e. The van der Waals surface area contributed by atoms with Crippen molar-refractivity contribution in [3.05, 3.63) is 59.9 Å². The van der Waals surface area contributed by atoms with Crippen LogP contribution in [-0.2, 0) is 17.7 Å². The zero-order chi connectivity index (χ0) is 21.4. The Hall–Kier alpha value is -2.96. The van der Waals surface area contributed by atoms with Crippen LogP contribution in [0.4, 0.5) is 10.5 Å². The Morgan fingerprint density at radius 3 is 2.71 bits per heavy atom. The number of hydrogen-bond acceptors (Lipinski definition) is 4. The first-order chi connectivity index (χ1) is 15.0. The normalized spacial score (nSPS) is 18.7. The fourth-order valence-corrected chi connectivity index (χ4v) is 4.63. The zero-order valence-corrected chi connectivity index (χ0v) is 18.1. The standard InChI is InChI=1S/C25H28N4O2/c1-25(2)14-17-4-3-5-21-22(27-24(30)28-25)9-8-20(23(17)21)18-6-7-19(26-15-18)16-29-10-12-31-13-11-29/h3-9,15H,10-14,16H2,1-2H3,(H2,27,28,30). The van der Waals surface area contributed by atoms with Crippen molar-refractivity contribution in [3.8, 4) is 11.1 Å². The summed E-state index contributed by atoms with van der Waals surface area (Å²) in [7, 11) is 0. The molecule has 0 atom stereocenters. The van der Waals surface area contributed by atoms with Crippen LogP contribution in [0.15, 0.2) is 48.7 Å². The SMILES string of the molecule is CC1(C)Cc2cccc3c(ccc(-c4ccc(CN5CCOCC5)nc4)c23)NC(=O)N1. The van der Waals surface area contributed by atoms with E-state index in [1.165, 1.54) is 10.9 Å². The van der Waals surface area contributed by atoms with Gasteiger partial charge in [0.25, 0.3) is 0 Å². The molecule has 3 heterocycles. The number of carbonyl (C=O) groups is 1. The van der Waals surface area contributed by atoms with Gasteiger partial charge in [0.2, 0.25) is 0 Å². The van der Waals surface area contributed by atoms with Crippen molar-refractivity contribution in [2.24, 2.45) is 0 Å². The number of rotatable bonds is 3. The van der Waals surface area contributed by atoms with Crippen LogP contribution in [0.3, 0.4) is 0 Å². The van der Waals surface area contributed by atoms with Crippen LogP contribution in [0, 0.1) is 0 Å². The summed E-state index contributed by atoms with van der Waals surface area (Å²) < 4.78 is 5.44. The van der Waals surface area contributed by atoms with Gasteiger partial charge in [-0.05, 0) is 48.9 Å². The lowest BCUT2D eigenvalue weighted by molar-refractivity contribution is 0.0336. The number of morpholine rings is 1. The second kappa shape index (κ2) is 7.94.